The molecule has 1 aliphatic rings. The van der Waals surface area contributed by atoms with Gasteiger partial charge in [0.15, 0.2) is 0 Å². The fraction of sp³-hybridized carbons (Fsp3) is 0.750. The molecule has 0 bridgehead atoms. The van der Waals surface area contributed by atoms with Crippen molar-refractivity contribution in [3.05, 3.63) is 0 Å². The van der Waals surface area contributed by atoms with Crippen LogP contribution in [0.5, 0.6) is 0 Å². The van der Waals surface area contributed by atoms with E-state index in [4.69, 9.17) is 15.9 Å². The third kappa shape index (κ3) is 1.65. The average Bonchev–Trinajstić information content (AvgIpc) is 2.76. The number of nitrogens with two attached hydrogens (primary N) is 1. The fourth-order valence-electron chi connectivity index (χ4n) is 1.93. The van der Waals surface area contributed by atoms with E-state index in [1.165, 1.54) is 0 Å². The minimum Gasteiger partial charge on any atom is -0.481 e. The van der Waals surface area contributed by atoms with Crippen LogP contribution >= 0.6 is 0 Å². The number of hydrogen-bond acceptors (Lipinski definition) is 3. The van der Waals surface area contributed by atoms with Crippen molar-refractivity contribution in [2.75, 3.05) is 0 Å². The number of aliphatic carboxylic acids is 2. The first-order valence-electron chi connectivity index (χ1n) is 4.21. The molecule has 4 N–H and O–H groups in total. The summed E-state index contributed by atoms with van der Waals surface area (Å²) in [6, 6.07) is -1.04. The maximum absolute atomic E-state index is 10.6. The van der Waals surface area contributed by atoms with Gasteiger partial charge in [0, 0.05) is 5.92 Å². The van der Waals surface area contributed by atoms with E-state index in [1.54, 1.807) is 0 Å². The lowest BCUT2D eigenvalue weighted by molar-refractivity contribution is -0.140. The molecule has 1 fully saturated rings. The van der Waals surface area contributed by atoms with Crippen LogP contribution in [0.25, 0.3) is 0 Å². The number of rotatable bonds is 4. The third-order valence-electron chi connectivity index (χ3n) is 2.69. The molecule has 0 unspecified atom stereocenters. The first kappa shape index (κ1) is 9.98. The molecule has 0 saturated heterocycles. The highest BCUT2D eigenvalue weighted by molar-refractivity contribution is 5.80. The zero-order valence-electron chi connectivity index (χ0n) is 7.30. The van der Waals surface area contributed by atoms with Crippen molar-refractivity contribution in [3.63, 3.8) is 0 Å². The van der Waals surface area contributed by atoms with Crippen molar-refractivity contribution >= 4 is 11.9 Å². The molecule has 0 aromatic carbocycles. The molecule has 0 aromatic heterocycles. The van der Waals surface area contributed by atoms with Crippen molar-refractivity contribution in [1.29, 1.82) is 0 Å². The first-order chi connectivity index (χ1) is 6.00. The fourth-order valence-corrected chi connectivity index (χ4v) is 1.93. The Morgan fingerprint density at radius 2 is 2.00 bits per heavy atom. The van der Waals surface area contributed by atoms with Gasteiger partial charge in [-0.05, 0) is 5.92 Å². The molecule has 1 saturated carbocycles. The molecular formula is C8H13NO4. The lowest BCUT2D eigenvalue weighted by Gasteiger charge is -2.03. The van der Waals surface area contributed by atoms with E-state index in [9.17, 15) is 9.59 Å². The molecule has 13 heavy (non-hydrogen) atoms. The standard InChI is InChI=1S/C8H13NO4/c1-2-3-4(5(3)7(10)11)6(9)8(12)13/h3-6H,2,9H2,1H3,(H,10,11)(H,12,13)/t3-,4-,5+,6+/m1/s1. The van der Waals surface area contributed by atoms with Crippen molar-refractivity contribution in [2.45, 2.75) is 19.4 Å². The van der Waals surface area contributed by atoms with Gasteiger partial charge in [-0.2, -0.15) is 0 Å². The summed E-state index contributed by atoms with van der Waals surface area (Å²) in [6.45, 7) is 1.84. The second kappa shape index (κ2) is 3.33. The van der Waals surface area contributed by atoms with E-state index < -0.39 is 23.9 Å². The highest BCUT2D eigenvalue weighted by atomic mass is 16.4. The van der Waals surface area contributed by atoms with Crippen molar-refractivity contribution in [2.24, 2.45) is 23.5 Å². The SMILES string of the molecule is CC[C@H]1[C@H](C(=O)O)[C@@H]1[C@H](N)C(=O)O. The Hall–Kier alpha value is -1.10. The Kier molecular flexibility index (Phi) is 2.56. The molecule has 4 atom stereocenters. The third-order valence-corrected chi connectivity index (χ3v) is 2.69. The van der Waals surface area contributed by atoms with Crippen LogP contribution in [-0.2, 0) is 9.59 Å². The topological polar surface area (TPSA) is 101 Å². The number of hydrogen-bond donors (Lipinski definition) is 3. The zero-order valence-corrected chi connectivity index (χ0v) is 7.30. The summed E-state index contributed by atoms with van der Waals surface area (Å²) in [4.78, 5) is 21.1. The van der Waals surface area contributed by atoms with Gasteiger partial charge in [-0.1, -0.05) is 13.3 Å². The maximum Gasteiger partial charge on any atom is 0.320 e. The van der Waals surface area contributed by atoms with Crippen molar-refractivity contribution in [1.82, 2.24) is 0 Å². The molecule has 5 nitrogen and oxygen atoms in total. The van der Waals surface area contributed by atoms with Crippen molar-refractivity contribution in [3.8, 4) is 0 Å². The van der Waals surface area contributed by atoms with Crippen LogP contribution in [0.2, 0.25) is 0 Å². The molecule has 74 valence electrons. The Labute approximate surface area is 75.5 Å². The highest BCUT2D eigenvalue weighted by Gasteiger charge is 2.58. The summed E-state index contributed by atoms with van der Waals surface area (Å²) >= 11 is 0. The van der Waals surface area contributed by atoms with Gasteiger partial charge in [0.1, 0.15) is 6.04 Å². The van der Waals surface area contributed by atoms with Gasteiger partial charge in [0.25, 0.3) is 0 Å². The van der Waals surface area contributed by atoms with Crippen LogP contribution in [0.4, 0.5) is 0 Å². The van der Waals surface area contributed by atoms with Crippen LogP contribution in [0.3, 0.4) is 0 Å². The van der Waals surface area contributed by atoms with Gasteiger partial charge in [-0.25, -0.2) is 0 Å². The Balaban J connectivity index is 2.63. The minimum absolute atomic E-state index is 0.0661. The number of carboxylic acid groups (broad SMARTS) is 2. The lowest BCUT2D eigenvalue weighted by Crippen LogP contribution is -2.34. The molecule has 0 radical (unpaired) electrons. The summed E-state index contributed by atoms with van der Waals surface area (Å²) in [5, 5.41) is 17.3. The molecular weight excluding hydrogens is 174 g/mol. The van der Waals surface area contributed by atoms with E-state index in [1.807, 2.05) is 6.92 Å². The van der Waals surface area contributed by atoms with Gasteiger partial charge < -0.3 is 15.9 Å². The van der Waals surface area contributed by atoms with Crippen LogP contribution in [0.1, 0.15) is 13.3 Å². The molecule has 0 heterocycles. The second-order valence-corrected chi connectivity index (χ2v) is 3.38. The molecule has 1 aliphatic carbocycles. The average molecular weight is 187 g/mol. The van der Waals surface area contributed by atoms with Crippen LogP contribution in [0.15, 0.2) is 0 Å². The van der Waals surface area contributed by atoms with Gasteiger partial charge in [0.05, 0.1) is 5.92 Å². The normalized spacial score (nSPS) is 33.8. The summed E-state index contributed by atoms with van der Waals surface area (Å²) in [5.41, 5.74) is 5.35. The summed E-state index contributed by atoms with van der Waals surface area (Å²) in [7, 11) is 0. The molecule has 0 amide bonds. The van der Waals surface area contributed by atoms with Crippen LogP contribution < -0.4 is 5.73 Å². The predicted molar refractivity (Wildman–Crippen MR) is 44.0 cm³/mol. The lowest BCUT2D eigenvalue weighted by atomic mass is 10.1. The smallest absolute Gasteiger partial charge is 0.320 e. The minimum atomic E-state index is -1.12. The largest absolute Gasteiger partial charge is 0.481 e. The van der Waals surface area contributed by atoms with E-state index in [0.29, 0.717) is 6.42 Å². The predicted octanol–water partition coefficient (Wildman–Crippen LogP) is -0.245. The van der Waals surface area contributed by atoms with E-state index in [-0.39, 0.29) is 11.8 Å². The maximum atomic E-state index is 10.6. The zero-order chi connectivity index (χ0) is 10.2. The van der Waals surface area contributed by atoms with Crippen LogP contribution in [-0.4, -0.2) is 28.2 Å². The van der Waals surface area contributed by atoms with Crippen LogP contribution in [0, 0.1) is 17.8 Å². The summed E-state index contributed by atoms with van der Waals surface area (Å²) in [5.74, 6) is -3.07. The van der Waals surface area contributed by atoms with E-state index in [2.05, 4.69) is 0 Å². The summed E-state index contributed by atoms with van der Waals surface area (Å²) < 4.78 is 0. The van der Waals surface area contributed by atoms with Crippen molar-refractivity contribution < 1.29 is 19.8 Å². The monoisotopic (exact) mass is 187 g/mol. The van der Waals surface area contributed by atoms with Gasteiger partial charge >= 0.3 is 11.9 Å². The molecule has 0 spiro atoms. The summed E-state index contributed by atoms with van der Waals surface area (Å²) in [6.07, 6.45) is 0.669. The Bertz CT molecular complexity index is 240. The van der Waals surface area contributed by atoms with Gasteiger partial charge in [-0.15, -0.1) is 0 Å². The molecule has 5 heteroatoms. The second-order valence-electron chi connectivity index (χ2n) is 3.38. The van der Waals surface area contributed by atoms with E-state index >= 15 is 0 Å². The number of carbonyl (C=O) groups is 2. The Morgan fingerprint density at radius 3 is 2.23 bits per heavy atom. The quantitative estimate of drug-likeness (QED) is 0.563. The number of carboxylic acids is 2. The molecule has 0 aromatic rings. The Morgan fingerprint density at radius 1 is 1.46 bits per heavy atom. The highest BCUT2D eigenvalue weighted by Crippen LogP contribution is 2.50. The molecule has 0 aliphatic heterocycles. The van der Waals surface area contributed by atoms with E-state index in [0.717, 1.165) is 0 Å². The first-order valence-corrected chi connectivity index (χ1v) is 4.21. The molecule has 1 rings (SSSR count). The van der Waals surface area contributed by atoms with Gasteiger partial charge in [-0.3, -0.25) is 9.59 Å². The van der Waals surface area contributed by atoms with Gasteiger partial charge in [0.2, 0.25) is 0 Å².